The van der Waals surface area contributed by atoms with E-state index in [0.717, 1.165) is 29.0 Å². The molecule has 0 radical (unpaired) electrons. The van der Waals surface area contributed by atoms with Crippen LogP contribution in [0.1, 0.15) is 42.1 Å². The zero-order chi connectivity index (χ0) is 30.0. The van der Waals surface area contributed by atoms with Gasteiger partial charge in [0.15, 0.2) is 5.84 Å². The predicted octanol–water partition coefficient (Wildman–Crippen LogP) is 7.19. The van der Waals surface area contributed by atoms with E-state index in [9.17, 15) is 4.79 Å². The number of amidine groups is 1. The third kappa shape index (κ3) is 7.55. The van der Waals surface area contributed by atoms with Gasteiger partial charge in [-0.2, -0.15) is 0 Å². The summed E-state index contributed by atoms with van der Waals surface area (Å²) in [6.45, 7) is 2.11. The molecule has 0 saturated carbocycles. The van der Waals surface area contributed by atoms with Crippen LogP contribution in [0, 0.1) is 0 Å². The molecule has 43 heavy (non-hydrogen) atoms. The average molecular weight is 594 g/mol. The van der Waals surface area contributed by atoms with Gasteiger partial charge in [-0.1, -0.05) is 60.2 Å². The lowest BCUT2D eigenvalue weighted by Gasteiger charge is -2.21. The SMILES string of the molecule is CCCCC(Oc1ccc(C(N)=NO)cc1)Oc1ccc(-c2nc(-c3ccccc3)sc2NC(=O)c2cccnc2)cc1. The summed E-state index contributed by atoms with van der Waals surface area (Å²) < 4.78 is 12.4. The van der Waals surface area contributed by atoms with E-state index >= 15 is 0 Å². The fourth-order valence-electron chi connectivity index (χ4n) is 4.25. The molecular weight excluding hydrogens is 562 g/mol. The highest BCUT2D eigenvalue weighted by Crippen LogP contribution is 2.38. The van der Waals surface area contributed by atoms with Crippen LogP contribution in [0.4, 0.5) is 5.00 Å². The number of nitrogens with one attached hydrogen (secondary N) is 1. The van der Waals surface area contributed by atoms with E-state index in [1.54, 1.807) is 42.6 Å². The van der Waals surface area contributed by atoms with Crippen molar-refractivity contribution in [2.24, 2.45) is 10.9 Å². The summed E-state index contributed by atoms with van der Waals surface area (Å²) in [6, 6.07) is 27.8. The van der Waals surface area contributed by atoms with Crippen molar-refractivity contribution >= 4 is 28.1 Å². The van der Waals surface area contributed by atoms with Crippen molar-refractivity contribution in [3.05, 3.63) is 115 Å². The molecule has 2 aromatic heterocycles. The molecule has 5 aromatic rings. The molecule has 0 saturated heterocycles. The number of benzene rings is 3. The Morgan fingerprint density at radius 1 is 0.930 bits per heavy atom. The monoisotopic (exact) mass is 593 g/mol. The van der Waals surface area contributed by atoms with Crippen LogP contribution in [0.5, 0.6) is 11.5 Å². The molecule has 10 heteroatoms. The van der Waals surface area contributed by atoms with Gasteiger partial charge in [0.1, 0.15) is 27.2 Å². The molecule has 0 aliphatic heterocycles. The van der Waals surface area contributed by atoms with Crippen molar-refractivity contribution in [2.75, 3.05) is 5.32 Å². The lowest BCUT2D eigenvalue weighted by atomic mass is 10.1. The van der Waals surface area contributed by atoms with Crippen molar-refractivity contribution < 1.29 is 19.5 Å². The zero-order valence-corrected chi connectivity index (χ0v) is 24.3. The molecule has 0 bridgehead atoms. The summed E-state index contributed by atoms with van der Waals surface area (Å²) in [5.74, 6) is 1.02. The number of aromatic nitrogens is 2. The standard InChI is InChI=1S/C33H31N5O4S/c1-2-3-11-28(42-27-18-14-23(15-19-27)30(34)38-40)41-26-16-12-22(13-17-26)29-33(37-31(39)25-10-7-20-35-21-25)43-32(36-29)24-8-5-4-6-9-24/h4-10,12-21,28,40H,2-3,11H2,1H3,(H2,34,38)(H,37,39). The van der Waals surface area contributed by atoms with Gasteiger partial charge in [0.25, 0.3) is 5.91 Å². The summed E-state index contributed by atoms with van der Waals surface area (Å²) in [6.07, 6.45) is 5.25. The van der Waals surface area contributed by atoms with Crippen LogP contribution in [0.3, 0.4) is 0 Å². The molecule has 0 fully saturated rings. The van der Waals surface area contributed by atoms with E-state index in [-0.39, 0.29) is 11.7 Å². The van der Waals surface area contributed by atoms with Crippen LogP contribution < -0.4 is 20.5 Å². The third-order valence-electron chi connectivity index (χ3n) is 6.51. The Hall–Kier alpha value is -5.22. The van der Waals surface area contributed by atoms with Gasteiger partial charge >= 0.3 is 0 Å². The largest absolute Gasteiger partial charge is 0.455 e. The van der Waals surface area contributed by atoms with Gasteiger partial charge < -0.3 is 25.7 Å². The maximum atomic E-state index is 13.0. The predicted molar refractivity (Wildman–Crippen MR) is 169 cm³/mol. The second-order valence-electron chi connectivity index (χ2n) is 9.60. The number of amides is 1. The number of nitrogens with two attached hydrogens (primary N) is 1. The van der Waals surface area contributed by atoms with Gasteiger partial charge in [0.2, 0.25) is 6.29 Å². The molecule has 1 unspecified atom stereocenters. The normalized spacial score (nSPS) is 12.0. The molecule has 1 amide bonds. The molecule has 9 nitrogen and oxygen atoms in total. The number of thiazole rings is 1. The van der Waals surface area contributed by atoms with Gasteiger partial charge in [-0.25, -0.2) is 4.98 Å². The first-order chi connectivity index (χ1) is 21.0. The van der Waals surface area contributed by atoms with Gasteiger partial charge in [-0.05, 0) is 67.1 Å². The molecule has 2 heterocycles. The fraction of sp³-hybridized carbons (Fsp3) is 0.152. The Morgan fingerprint density at radius 2 is 1.63 bits per heavy atom. The Bertz CT molecular complexity index is 1660. The van der Waals surface area contributed by atoms with Crippen molar-refractivity contribution in [3.63, 3.8) is 0 Å². The summed E-state index contributed by atoms with van der Waals surface area (Å²) >= 11 is 1.42. The topological polar surface area (TPSA) is 132 Å². The number of hydrogen-bond acceptors (Lipinski definition) is 8. The van der Waals surface area contributed by atoms with E-state index in [1.165, 1.54) is 17.5 Å². The first-order valence-corrected chi connectivity index (χ1v) is 14.6. The number of oxime groups is 1. The van der Waals surface area contributed by atoms with Gasteiger partial charge in [0, 0.05) is 35.5 Å². The number of nitrogens with zero attached hydrogens (tertiary/aromatic N) is 3. The van der Waals surface area contributed by atoms with E-state index in [4.69, 9.17) is 25.4 Å². The molecule has 1 atom stereocenters. The number of ether oxygens (including phenoxy) is 2. The minimum Gasteiger partial charge on any atom is -0.455 e. The minimum absolute atomic E-state index is 0.0289. The number of hydrogen-bond donors (Lipinski definition) is 3. The minimum atomic E-state index is -0.515. The van der Waals surface area contributed by atoms with Crippen LogP contribution in [-0.4, -0.2) is 33.2 Å². The Labute approximate surface area is 253 Å². The fourth-order valence-corrected chi connectivity index (χ4v) is 5.23. The quantitative estimate of drug-likeness (QED) is 0.0458. The highest BCUT2D eigenvalue weighted by Gasteiger charge is 2.19. The summed E-state index contributed by atoms with van der Waals surface area (Å²) in [7, 11) is 0. The second kappa shape index (κ2) is 14.1. The highest BCUT2D eigenvalue weighted by atomic mass is 32.1. The molecule has 0 aliphatic carbocycles. The van der Waals surface area contributed by atoms with Crippen LogP contribution in [0.25, 0.3) is 21.8 Å². The first-order valence-electron chi connectivity index (χ1n) is 13.8. The average Bonchev–Trinajstić information content (AvgIpc) is 3.48. The van der Waals surface area contributed by atoms with E-state index in [0.29, 0.717) is 39.7 Å². The van der Waals surface area contributed by atoms with Gasteiger partial charge in [-0.3, -0.25) is 9.78 Å². The van der Waals surface area contributed by atoms with E-state index in [2.05, 4.69) is 22.4 Å². The lowest BCUT2D eigenvalue weighted by molar-refractivity contribution is -0.00211. The lowest BCUT2D eigenvalue weighted by Crippen LogP contribution is -2.24. The van der Waals surface area contributed by atoms with Gasteiger partial charge in [0.05, 0.1) is 5.56 Å². The Kier molecular flexibility index (Phi) is 9.60. The molecular formula is C33H31N5O4S. The summed E-state index contributed by atoms with van der Waals surface area (Å²) in [5.41, 5.74) is 9.17. The van der Waals surface area contributed by atoms with Crippen LogP contribution in [0.15, 0.2) is 109 Å². The maximum Gasteiger partial charge on any atom is 0.257 e. The molecule has 5 rings (SSSR count). The van der Waals surface area contributed by atoms with Crippen LogP contribution in [0.2, 0.25) is 0 Å². The molecule has 0 spiro atoms. The number of unbranched alkanes of at least 4 members (excludes halogenated alkanes) is 1. The number of rotatable bonds is 12. The number of pyridine rings is 1. The van der Waals surface area contributed by atoms with Crippen molar-refractivity contribution in [1.29, 1.82) is 0 Å². The molecule has 0 aliphatic rings. The zero-order valence-electron chi connectivity index (χ0n) is 23.5. The van der Waals surface area contributed by atoms with E-state index < -0.39 is 6.29 Å². The summed E-state index contributed by atoms with van der Waals surface area (Å²) in [4.78, 5) is 21.9. The van der Waals surface area contributed by atoms with Gasteiger partial charge in [-0.15, -0.1) is 0 Å². The smallest absolute Gasteiger partial charge is 0.257 e. The molecule has 4 N–H and O–H groups in total. The van der Waals surface area contributed by atoms with Crippen molar-refractivity contribution in [1.82, 2.24) is 9.97 Å². The number of anilines is 1. The first kappa shape index (κ1) is 29.3. The van der Waals surface area contributed by atoms with Crippen LogP contribution in [-0.2, 0) is 0 Å². The summed E-state index contributed by atoms with van der Waals surface area (Å²) in [5, 5.41) is 16.4. The maximum absolute atomic E-state index is 13.0. The number of carbonyl (C=O) groups excluding carboxylic acids is 1. The second-order valence-corrected chi connectivity index (χ2v) is 10.6. The van der Waals surface area contributed by atoms with Crippen molar-refractivity contribution in [2.45, 2.75) is 32.5 Å². The Morgan fingerprint density at radius 3 is 2.26 bits per heavy atom. The van der Waals surface area contributed by atoms with Crippen LogP contribution >= 0.6 is 11.3 Å². The number of carbonyl (C=O) groups is 1. The molecule has 3 aromatic carbocycles. The van der Waals surface area contributed by atoms with E-state index in [1.807, 2.05) is 54.6 Å². The van der Waals surface area contributed by atoms with Crippen molar-refractivity contribution in [3.8, 4) is 33.3 Å². The Balaban J connectivity index is 1.36. The third-order valence-corrected chi connectivity index (χ3v) is 7.53. The molecule has 218 valence electrons. The highest BCUT2D eigenvalue weighted by molar-refractivity contribution is 7.19.